The lowest BCUT2D eigenvalue weighted by atomic mass is 10.0. The van der Waals surface area contributed by atoms with Crippen LogP contribution in [0, 0.1) is 6.92 Å². The van der Waals surface area contributed by atoms with E-state index in [-0.39, 0.29) is 5.91 Å². The van der Waals surface area contributed by atoms with Gasteiger partial charge >= 0.3 is 0 Å². The number of ether oxygens (including phenoxy) is 1. The van der Waals surface area contributed by atoms with Gasteiger partial charge in [-0.15, -0.1) is 0 Å². The SMILES string of the molecule is COc1cncc(-c2cccc(C(=O)N(C)CCc3noc(C)n3)c2)c1. The maximum absolute atomic E-state index is 12.7. The number of aromatic nitrogens is 3. The van der Waals surface area contributed by atoms with Gasteiger partial charge in [-0.1, -0.05) is 17.3 Å². The van der Waals surface area contributed by atoms with E-state index in [1.165, 1.54) is 0 Å². The molecule has 7 nitrogen and oxygen atoms in total. The van der Waals surface area contributed by atoms with Gasteiger partial charge in [-0.2, -0.15) is 4.98 Å². The van der Waals surface area contributed by atoms with Crippen LogP contribution in [-0.2, 0) is 6.42 Å². The zero-order valence-corrected chi connectivity index (χ0v) is 15.0. The van der Waals surface area contributed by atoms with Crippen LogP contribution < -0.4 is 4.74 Å². The van der Waals surface area contributed by atoms with Crippen LogP contribution in [0.4, 0.5) is 0 Å². The summed E-state index contributed by atoms with van der Waals surface area (Å²) in [5.41, 5.74) is 2.41. The molecule has 0 spiro atoms. The highest BCUT2D eigenvalue weighted by molar-refractivity contribution is 5.95. The molecule has 0 unspecified atom stereocenters. The monoisotopic (exact) mass is 352 g/mol. The third-order valence-electron chi connectivity index (χ3n) is 3.98. The predicted molar refractivity (Wildman–Crippen MR) is 95.9 cm³/mol. The highest BCUT2D eigenvalue weighted by Gasteiger charge is 2.14. The molecule has 0 aliphatic heterocycles. The fourth-order valence-electron chi connectivity index (χ4n) is 2.55. The molecule has 7 heteroatoms. The van der Waals surface area contributed by atoms with Gasteiger partial charge < -0.3 is 14.2 Å². The van der Waals surface area contributed by atoms with Crippen molar-refractivity contribution in [3.05, 3.63) is 60.0 Å². The summed E-state index contributed by atoms with van der Waals surface area (Å²) >= 11 is 0. The number of nitrogens with zero attached hydrogens (tertiary/aromatic N) is 4. The number of carbonyl (C=O) groups excluding carboxylic acids is 1. The van der Waals surface area contributed by atoms with Crippen molar-refractivity contribution in [3.63, 3.8) is 0 Å². The smallest absolute Gasteiger partial charge is 0.253 e. The molecule has 0 saturated heterocycles. The van der Waals surface area contributed by atoms with Crippen LogP contribution in [0.15, 0.2) is 47.2 Å². The van der Waals surface area contributed by atoms with Crippen molar-refractivity contribution in [2.45, 2.75) is 13.3 Å². The van der Waals surface area contributed by atoms with E-state index in [4.69, 9.17) is 9.26 Å². The average molecular weight is 352 g/mol. The summed E-state index contributed by atoms with van der Waals surface area (Å²) in [7, 11) is 3.36. The molecule has 3 aromatic rings. The van der Waals surface area contributed by atoms with Crippen molar-refractivity contribution in [2.75, 3.05) is 20.7 Å². The number of likely N-dealkylation sites (N-methyl/N-ethyl adjacent to an activating group) is 1. The normalized spacial score (nSPS) is 10.6. The fraction of sp³-hybridized carbons (Fsp3) is 0.263. The van der Waals surface area contributed by atoms with Gasteiger partial charge in [0.05, 0.1) is 13.3 Å². The molecule has 0 radical (unpaired) electrons. The number of amides is 1. The summed E-state index contributed by atoms with van der Waals surface area (Å²) in [6.07, 6.45) is 3.93. The molecule has 0 aliphatic carbocycles. The van der Waals surface area contributed by atoms with Crippen molar-refractivity contribution < 1.29 is 14.1 Å². The van der Waals surface area contributed by atoms with Gasteiger partial charge in [-0.3, -0.25) is 9.78 Å². The van der Waals surface area contributed by atoms with E-state index < -0.39 is 0 Å². The molecule has 26 heavy (non-hydrogen) atoms. The highest BCUT2D eigenvalue weighted by atomic mass is 16.5. The Hall–Kier alpha value is -3.22. The Kier molecular flexibility index (Phi) is 5.26. The second kappa shape index (κ2) is 7.77. The average Bonchev–Trinajstić information content (AvgIpc) is 3.11. The Balaban J connectivity index is 1.72. The van der Waals surface area contributed by atoms with Gasteiger partial charge in [-0.25, -0.2) is 0 Å². The van der Waals surface area contributed by atoms with E-state index in [0.29, 0.717) is 36.0 Å². The van der Waals surface area contributed by atoms with Crippen LogP contribution >= 0.6 is 0 Å². The molecule has 134 valence electrons. The maximum atomic E-state index is 12.7. The van der Waals surface area contributed by atoms with E-state index in [9.17, 15) is 4.79 Å². The van der Waals surface area contributed by atoms with Crippen molar-refractivity contribution in [2.24, 2.45) is 0 Å². The van der Waals surface area contributed by atoms with E-state index in [1.807, 2.05) is 24.3 Å². The molecule has 0 atom stereocenters. The molecular weight excluding hydrogens is 332 g/mol. The Morgan fingerprint density at radius 1 is 1.23 bits per heavy atom. The largest absolute Gasteiger partial charge is 0.495 e. The Morgan fingerprint density at radius 3 is 2.81 bits per heavy atom. The molecule has 0 saturated carbocycles. The van der Waals surface area contributed by atoms with Gasteiger partial charge in [0.2, 0.25) is 5.89 Å². The van der Waals surface area contributed by atoms with Gasteiger partial charge in [0.25, 0.3) is 5.91 Å². The number of hydrogen-bond donors (Lipinski definition) is 0. The Labute approximate surface area is 151 Å². The van der Waals surface area contributed by atoms with Crippen LogP contribution in [0.25, 0.3) is 11.1 Å². The van der Waals surface area contributed by atoms with Crippen LogP contribution in [-0.4, -0.2) is 46.6 Å². The number of pyridine rings is 1. The van der Waals surface area contributed by atoms with E-state index in [2.05, 4.69) is 15.1 Å². The summed E-state index contributed by atoms with van der Waals surface area (Å²) in [5, 5.41) is 3.85. The number of rotatable bonds is 6. The van der Waals surface area contributed by atoms with Crippen LogP contribution in [0.2, 0.25) is 0 Å². The molecule has 3 rings (SSSR count). The first-order chi connectivity index (χ1) is 12.6. The zero-order chi connectivity index (χ0) is 18.5. The second-order valence-electron chi connectivity index (χ2n) is 5.90. The minimum atomic E-state index is -0.0667. The van der Waals surface area contributed by atoms with E-state index in [1.54, 1.807) is 44.4 Å². The zero-order valence-electron chi connectivity index (χ0n) is 15.0. The molecule has 0 N–H and O–H groups in total. The Bertz CT molecular complexity index is 907. The molecule has 2 heterocycles. The maximum Gasteiger partial charge on any atom is 0.253 e. The minimum Gasteiger partial charge on any atom is -0.495 e. The molecular formula is C19H20N4O3. The van der Waals surface area contributed by atoms with Crippen molar-refractivity contribution in [3.8, 4) is 16.9 Å². The van der Waals surface area contributed by atoms with Gasteiger partial charge in [0.15, 0.2) is 5.82 Å². The lowest BCUT2D eigenvalue weighted by Gasteiger charge is -2.16. The van der Waals surface area contributed by atoms with Gasteiger partial charge in [0, 0.05) is 44.3 Å². The third kappa shape index (κ3) is 4.05. The summed E-state index contributed by atoms with van der Waals surface area (Å²) < 4.78 is 10.2. The molecule has 1 aromatic carbocycles. The number of methoxy groups -OCH3 is 1. The van der Waals surface area contributed by atoms with E-state index in [0.717, 1.165) is 11.1 Å². The summed E-state index contributed by atoms with van der Waals surface area (Å²) in [6, 6.07) is 9.34. The first kappa shape index (κ1) is 17.6. The lowest BCUT2D eigenvalue weighted by molar-refractivity contribution is 0.0796. The highest BCUT2D eigenvalue weighted by Crippen LogP contribution is 2.23. The summed E-state index contributed by atoms with van der Waals surface area (Å²) in [5.74, 6) is 1.72. The van der Waals surface area contributed by atoms with Crippen molar-refractivity contribution in [1.29, 1.82) is 0 Å². The predicted octanol–water partition coefficient (Wildman–Crippen LogP) is 2.76. The number of benzene rings is 1. The molecule has 1 amide bonds. The third-order valence-corrected chi connectivity index (χ3v) is 3.98. The first-order valence-electron chi connectivity index (χ1n) is 8.21. The molecule has 0 fully saturated rings. The molecule has 2 aromatic heterocycles. The molecule has 0 bridgehead atoms. The Morgan fingerprint density at radius 2 is 2.08 bits per heavy atom. The number of hydrogen-bond acceptors (Lipinski definition) is 6. The van der Waals surface area contributed by atoms with E-state index >= 15 is 0 Å². The van der Waals surface area contributed by atoms with Gasteiger partial charge in [-0.05, 0) is 23.8 Å². The standard InChI is InChI=1S/C19H20N4O3/c1-13-21-18(22-26-13)7-8-23(2)19(24)15-6-4-5-14(9-15)16-10-17(25-3)12-20-11-16/h4-6,9-12H,7-8H2,1-3H3. The van der Waals surface area contributed by atoms with Crippen LogP contribution in [0.3, 0.4) is 0 Å². The second-order valence-corrected chi connectivity index (χ2v) is 5.90. The summed E-state index contributed by atoms with van der Waals surface area (Å²) in [4.78, 5) is 22.7. The number of carbonyl (C=O) groups is 1. The minimum absolute atomic E-state index is 0.0667. The lowest BCUT2D eigenvalue weighted by Crippen LogP contribution is -2.29. The number of aryl methyl sites for hydroxylation is 1. The quantitative estimate of drug-likeness (QED) is 0.678. The van der Waals surface area contributed by atoms with Crippen molar-refractivity contribution in [1.82, 2.24) is 20.0 Å². The topological polar surface area (TPSA) is 81.4 Å². The fourth-order valence-corrected chi connectivity index (χ4v) is 2.55. The van der Waals surface area contributed by atoms with Crippen molar-refractivity contribution >= 4 is 5.91 Å². The van der Waals surface area contributed by atoms with Gasteiger partial charge in [0.1, 0.15) is 5.75 Å². The molecule has 0 aliphatic rings. The van der Waals surface area contributed by atoms with Crippen LogP contribution in [0.1, 0.15) is 22.1 Å². The first-order valence-corrected chi connectivity index (χ1v) is 8.21. The summed E-state index contributed by atoms with van der Waals surface area (Å²) in [6.45, 7) is 2.24. The van der Waals surface area contributed by atoms with Crippen LogP contribution in [0.5, 0.6) is 5.75 Å².